The van der Waals surface area contributed by atoms with E-state index in [9.17, 15) is 0 Å². The molecular weight excluding hydrogens is 224 g/mol. The number of nitrogens with zero attached hydrogens (tertiary/aromatic N) is 3. The number of rotatable bonds is 6. The van der Waals surface area contributed by atoms with Crippen LogP contribution >= 0.6 is 0 Å². The maximum absolute atomic E-state index is 4.67. The largest absolute Gasteiger partial charge is 0.315 e. The highest BCUT2D eigenvalue weighted by Crippen LogP contribution is 2.14. The Hall–Kier alpha value is -1.42. The summed E-state index contributed by atoms with van der Waals surface area (Å²) in [6.07, 6.45) is 3.95. The number of aromatic nitrogens is 3. The zero-order valence-corrected chi connectivity index (χ0v) is 11.5. The van der Waals surface area contributed by atoms with Crippen molar-refractivity contribution in [3.8, 4) is 0 Å². The lowest BCUT2D eigenvalue weighted by Crippen LogP contribution is -2.24. The summed E-state index contributed by atoms with van der Waals surface area (Å²) in [5.74, 6) is 1.15. The van der Waals surface area contributed by atoms with Crippen molar-refractivity contribution in [1.82, 2.24) is 19.9 Å². The fourth-order valence-electron chi connectivity index (χ4n) is 2.17. The van der Waals surface area contributed by atoms with Gasteiger partial charge in [0.1, 0.15) is 11.3 Å². The van der Waals surface area contributed by atoms with E-state index >= 15 is 0 Å². The van der Waals surface area contributed by atoms with E-state index in [1.165, 1.54) is 0 Å². The van der Waals surface area contributed by atoms with Crippen molar-refractivity contribution in [3.63, 3.8) is 0 Å². The lowest BCUT2D eigenvalue weighted by Gasteiger charge is -2.08. The molecule has 0 saturated carbocycles. The van der Waals surface area contributed by atoms with Crippen LogP contribution in [0.2, 0.25) is 0 Å². The maximum Gasteiger partial charge on any atom is 0.159 e. The third kappa shape index (κ3) is 2.88. The summed E-state index contributed by atoms with van der Waals surface area (Å²) in [5, 5.41) is 3.43. The summed E-state index contributed by atoms with van der Waals surface area (Å²) in [6, 6.07) is 4.53. The zero-order valence-electron chi connectivity index (χ0n) is 11.5. The fourth-order valence-corrected chi connectivity index (χ4v) is 2.17. The molecule has 0 aliphatic carbocycles. The minimum absolute atomic E-state index is 0.552. The smallest absolute Gasteiger partial charge is 0.159 e. The van der Waals surface area contributed by atoms with Gasteiger partial charge in [0, 0.05) is 25.2 Å². The van der Waals surface area contributed by atoms with Crippen LogP contribution in [0.3, 0.4) is 0 Å². The van der Waals surface area contributed by atoms with Gasteiger partial charge in [0.25, 0.3) is 0 Å². The van der Waals surface area contributed by atoms with Gasteiger partial charge in [-0.3, -0.25) is 0 Å². The van der Waals surface area contributed by atoms with Crippen LogP contribution in [0.5, 0.6) is 0 Å². The first-order valence-electron chi connectivity index (χ1n) is 6.76. The highest BCUT2D eigenvalue weighted by Gasteiger charge is 2.09. The molecular formula is C14H22N4. The van der Waals surface area contributed by atoms with Gasteiger partial charge in [-0.05, 0) is 32.0 Å². The minimum Gasteiger partial charge on any atom is -0.315 e. The van der Waals surface area contributed by atoms with Crippen molar-refractivity contribution >= 4 is 11.2 Å². The van der Waals surface area contributed by atoms with Crippen molar-refractivity contribution < 1.29 is 0 Å². The van der Waals surface area contributed by atoms with E-state index < -0.39 is 0 Å². The first-order chi connectivity index (χ1) is 8.72. The molecule has 2 heterocycles. The van der Waals surface area contributed by atoms with Crippen LogP contribution in [0, 0.1) is 0 Å². The Bertz CT molecular complexity index is 501. The van der Waals surface area contributed by atoms with Crippen LogP contribution in [-0.2, 0) is 13.0 Å². The summed E-state index contributed by atoms with van der Waals surface area (Å²) in [6.45, 7) is 8.46. The molecule has 98 valence electrons. The number of hydrogen-bond donors (Lipinski definition) is 1. The number of aryl methyl sites for hydroxylation is 2. The van der Waals surface area contributed by atoms with Gasteiger partial charge >= 0.3 is 0 Å². The Morgan fingerprint density at radius 2 is 2.22 bits per heavy atom. The Kier molecular flexibility index (Phi) is 4.31. The zero-order chi connectivity index (χ0) is 13.0. The van der Waals surface area contributed by atoms with E-state index in [1.807, 2.05) is 18.3 Å². The molecule has 0 radical (unpaired) electrons. The molecule has 4 heteroatoms. The fraction of sp³-hybridized carbons (Fsp3) is 0.571. The standard InChI is InChI=1S/C14H22N4/c1-4-18-13(8-6-9-15-11(2)3)17-12-7-5-10-16-14(12)18/h5,7,10-11,15H,4,6,8-9H2,1-3H3. The maximum atomic E-state index is 4.67. The topological polar surface area (TPSA) is 42.7 Å². The Morgan fingerprint density at radius 3 is 2.94 bits per heavy atom. The molecule has 0 amide bonds. The molecule has 18 heavy (non-hydrogen) atoms. The van der Waals surface area contributed by atoms with Gasteiger partial charge in [0.2, 0.25) is 0 Å². The first-order valence-corrected chi connectivity index (χ1v) is 6.76. The van der Waals surface area contributed by atoms with E-state index in [2.05, 4.69) is 40.6 Å². The molecule has 4 nitrogen and oxygen atoms in total. The molecule has 0 bridgehead atoms. The number of hydrogen-bond acceptors (Lipinski definition) is 3. The summed E-state index contributed by atoms with van der Waals surface area (Å²) in [4.78, 5) is 9.09. The first kappa shape index (κ1) is 13.0. The SMILES string of the molecule is CCn1c(CCCNC(C)C)nc2cccnc21. The summed E-state index contributed by atoms with van der Waals surface area (Å²) < 4.78 is 2.21. The average molecular weight is 246 g/mol. The highest BCUT2D eigenvalue weighted by atomic mass is 15.1. The molecule has 0 aliphatic rings. The second-order valence-electron chi connectivity index (χ2n) is 4.83. The normalized spacial score (nSPS) is 11.6. The minimum atomic E-state index is 0.552. The van der Waals surface area contributed by atoms with E-state index in [-0.39, 0.29) is 0 Å². The van der Waals surface area contributed by atoms with Crippen LogP contribution < -0.4 is 5.32 Å². The molecule has 0 aliphatic heterocycles. The third-order valence-electron chi connectivity index (χ3n) is 3.03. The Labute approximate surface area is 108 Å². The Balaban J connectivity index is 2.08. The summed E-state index contributed by atoms with van der Waals surface area (Å²) in [7, 11) is 0. The van der Waals surface area contributed by atoms with Gasteiger partial charge in [-0.25, -0.2) is 9.97 Å². The predicted molar refractivity (Wildman–Crippen MR) is 74.7 cm³/mol. The number of fused-ring (bicyclic) bond motifs is 1. The van der Waals surface area contributed by atoms with E-state index in [0.717, 1.165) is 42.9 Å². The molecule has 0 atom stereocenters. The van der Waals surface area contributed by atoms with Gasteiger partial charge < -0.3 is 9.88 Å². The van der Waals surface area contributed by atoms with Crippen molar-refractivity contribution in [2.75, 3.05) is 6.54 Å². The van der Waals surface area contributed by atoms with E-state index in [1.54, 1.807) is 0 Å². The van der Waals surface area contributed by atoms with Gasteiger partial charge in [-0.1, -0.05) is 13.8 Å². The average Bonchev–Trinajstić information content (AvgIpc) is 2.71. The van der Waals surface area contributed by atoms with Crippen molar-refractivity contribution in [1.29, 1.82) is 0 Å². The third-order valence-corrected chi connectivity index (χ3v) is 3.03. The number of pyridine rings is 1. The molecule has 0 unspecified atom stereocenters. The van der Waals surface area contributed by atoms with E-state index in [4.69, 9.17) is 0 Å². The molecule has 0 fully saturated rings. The second kappa shape index (κ2) is 5.96. The second-order valence-corrected chi connectivity index (χ2v) is 4.83. The predicted octanol–water partition coefficient (Wildman–Crippen LogP) is 2.38. The van der Waals surface area contributed by atoms with Crippen LogP contribution in [0.4, 0.5) is 0 Å². The van der Waals surface area contributed by atoms with Crippen molar-refractivity contribution in [3.05, 3.63) is 24.2 Å². The van der Waals surface area contributed by atoms with Gasteiger partial charge in [-0.15, -0.1) is 0 Å². The molecule has 0 saturated heterocycles. The quantitative estimate of drug-likeness (QED) is 0.796. The molecule has 0 aromatic carbocycles. The molecule has 2 aromatic heterocycles. The van der Waals surface area contributed by atoms with Gasteiger partial charge in [0.05, 0.1) is 0 Å². The summed E-state index contributed by atoms with van der Waals surface area (Å²) in [5.41, 5.74) is 2.01. The van der Waals surface area contributed by atoms with Gasteiger partial charge in [-0.2, -0.15) is 0 Å². The van der Waals surface area contributed by atoms with Crippen LogP contribution in [0.25, 0.3) is 11.2 Å². The van der Waals surface area contributed by atoms with Gasteiger partial charge in [0.15, 0.2) is 5.65 Å². The van der Waals surface area contributed by atoms with Crippen LogP contribution in [-0.4, -0.2) is 27.1 Å². The van der Waals surface area contributed by atoms with E-state index in [0.29, 0.717) is 6.04 Å². The number of nitrogens with one attached hydrogen (secondary N) is 1. The monoisotopic (exact) mass is 246 g/mol. The molecule has 2 rings (SSSR count). The van der Waals surface area contributed by atoms with Crippen LogP contribution in [0.15, 0.2) is 18.3 Å². The van der Waals surface area contributed by atoms with Crippen LogP contribution in [0.1, 0.15) is 33.0 Å². The van der Waals surface area contributed by atoms with Crippen molar-refractivity contribution in [2.24, 2.45) is 0 Å². The lowest BCUT2D eigenvalue weighted by atomic mass is 10.2. The highest BCUT2D eigenvalue weighted by molar-refractivity contribution is 5.71. The molecule has 1 N–H and O–H groups in total. The molecule has 0 spiro atoms. The lowest BCUT2D eigenvalue weighted by molar-refractivity contribution is 0.559. The van der Waals surface area contributed by atoms with Crippen molar-refractivity contribution in [2.45, 2.75) is 46.2 Å². The Morgan fingerprint density at radius 1 is 1.39 bits per heavy atom. The molecule has 2 aromatic rings. The summed E-state index contributed by atoms with van der Waals surface area (Å²) >= 11 is 0. The number of imidazole rings is 1.